The quantitative estimate of drug-likeness (QED) is 0.400. The molecule has 0 aliphatic heterocycles. The summed E-state index contributed by atoms with van der Waals surface area (Å²) in [4.78, 5) is 25.0. The van der Waals surface area contributed by atoms with Gasteiger partial charge in [-0.05, 0) is 23.7 Å². The topological polar surface area (TPSA) is 52.6 Å². The second kappa shape index (κ2) is 5.13. The molecule has 4 aliphatic carbocycles. The Labute approximate surface area is 134 Å². The summed E-state index contributed by atoms with van der Waals surface area (Å²) in [7, 11) is 2.75. The van der Waals surface area contributed by atoms with Crippen LogP contribution in [-0.4, -0.2) is 35.8 Å². The molecule has 0 radical (unpaired) electrons. The number of ether oxygens (including phenoxy) is 2. The average Bonchev–Trinajstić information content (AvgIpc) is 2.50. The fourth-order valence-corrected chi connectivity index (χ4v) is 6.35. The second-order valence-electron chi connectivity index (χ2n) is 5.68. The van der Waals surface area contributed by atoms with Gasteiger partial charge >= 0.3 is 11.9 Å². The van der Waals surface area contributed by atoms with Crippen molar-refractivity contribution in [2.75, 3.05) is 14.2 Å². The first-order valence-electron chi connectivity index (χ1n) is 6.65. The van der Waals surface area contributed by atoms with E-state index in [0.29, 0.717) is 21.5 Å². The van der Waals surface area contributed by atoms with Crippen molar-refractivity contribution in [3.8, 4) is 0 Å². The van der Waals surface area contributed by atoms with E-state index in [2.05, 4.69) is 44.0 Å². The zero-order chi connectivity index (χ0) is 14.6. The van der Waals surface area contributed by atoms with Gasteiger partial charge in [-0.25, -0.2) is 0 Å². The number of halogens is 2. The number of hydrogen-bond acceptors (Lipinski definition) is 4. The van der Waals surface area contributed by atoms with E-state index < -0.39 is 11.8 Å². The van der Waals surface area contributed by atoms with Crippen molar-refractivity contribution in [3.63, 3.8) is 0 Å². The van der Waals surface area contributed by atoms with Crippen LogP contribution in [0.3, 0.4) is 0 Å². The molecule has 0 aromatic heterocycles. The van der Waals surface area contributed by atoms with E-state index in [4.69, 9.17) is 9.47 Å². The van der Waals surface area contributed by atoms with Gasteiger partial charge in [-0.3, -0.25) is 9.59 Å². The van der Waals surface area contributed by atoms with Gasteiger partial charge in [-0.2, -0.15) is 0 Å². The molecule has 2 fully saturated rings. The molecule has 0 aromatic rings. The minimum Gasteiger partial charge on any atom is -0.469 e. The number of carbonyl (C=O) groups excluding carboxylic acids is 2. The Kier molecular flexibility index (Phi) is 3.73. The van der Waals surface area contributed by atoms with Gasteiger partial charge < -0.3 is 9.47 Å². The van der Waals surface area contributed by atoms with Gasteiger partial charge in [0.15, 0.2) is 0 Å². The summed E-state index contributed by atoms with van der Waals surface area (Å²) in [6.07, 6.45) is 4.17. The van der Waals surface area contributed by atoms with Gasteiger partial charge in [0, 0.05) is 9.65 Å². The van der Waals surface area contributed by atoms with Crippen molar-refractivity contribution in [1.29, 1.82) is 0 Å². The van der Waals surface area contributed by atoms with Crippen LogP contribution >= 0.6 is 31.9 Å². The number of methoxy groups -OCH3 is 2. The van der Waals surface area contributed by atoms with Gasteiger partial charge in [0.2, 0.25) is 0 Å². The molecule has 20 heavy (non-hydrogen) atoms. The molecule has 4 aliphatic rings. The highest BCUT2D eigenvalue weighted by atomic mass is 79.9. The third kappa shape index (κ3) is 1.76. The zero-order valence-electron chi connectivity index (χ0n) is 11.2. The number of hydrogen-bond donors (Lipinski definition) is 0. The summed E-state index contributed by atoms with van der Waals surface area (Å²) >= 11 is 7.39. The molecule has 0 spiro atoms. The molecule has 6 heteroatoms. The first-order valence-corrected chi connectivity index (χ1v) is 8.48. The fraction of sp³-hybridized carbons (Fsp3) is 0.714. The number of carbonyl (C=O) groups is 2. The summed E-state index contributed by atoms with van der Waals surface area (Å²) in [6.45, 7) is 0. The maximum Gasteiger partial charge on any atom is 0.310 e. The SMILES string of the molecule is COC(=O)[C@@H]1[C@@H]2C=C[C@@H]([C@@H]1C(=O)OC)[C@H]1[C@@H](Br)[C@@H](Br)[C@H]21. The molecule has 110 valence electrons. The molecule has 2 saturated carbocycles. The Balaban J connectivity index is 2.00. The average molecular weight is 408 g/mol. The lowest BCUT2D eigenvalue weighted by molar-refractivity contribution is -0.172. The van der Waals surface area contributed by atoms with Crippen molar-refractivity contribution in [3.05, 3.63) is 12.2 Å². The number of alkyl halides is 2. The van der Waals surface area contributed by atoms with E-state index in [-0.39, 0.29) is 23.8 Å². The van der Waals surface area contributed by atoms with Crippen LogP contribution in [0.15, 0.2) is 12.2 Å². The van der Waals surface area contributed by atoms with Gasteiger partial charge in [0.25, 0.3) is 0 Å². The van der Waals surface area contributed by atoms with Gasteiger partial charge in [0.1, 0.15) is 0 Å². The van der Waals surface area contributed by atoms with Crippen LogP contribution < -0.4 is 0 Å². The Bertz CT molecular complexity index is 436. The summed E-state index contributed by atoms with van der Waals surface area (Å²) in [6, 6.07) is 0. The van der Waals surface area contributed by atoms with Crippen LogP contribution in [0.4, 0.5) is 0 Å². The molecule has 2 bridgehead atoms. The van der Waals surface area contributed by atoms with E-state index in [9.17, 15) is 9.59 Å². The fourth-order valence-electron chi connectivity index (χ4n) is 4.23. The normalized spacial score (nSPS) is 48.2. The summed E-state index contributed by atoms with van der Waals surface area (Å²) in [5, 5.41) is 0. The van der Waals surface area contributed by atoms with E-state index in [0.717, 1.165) is 0 Å². The Hall–Kier alpha value is -0.360. The van der Waals surface area contributed by atoms with Crippen LogP contribution in [-0.2, 0) is 19.1 Å². The van der Waals surface area contributed by atoms with Gasteiger partial charge in [0.05, 0.1) is 26.1 Å². The molecule has 4 nitrogen and oxygen atoms in total. The summed E-state index contributed by atoms with van der Waals surface area (Å²) in [5.74, 6) is -0.641. The van der Waals surface area contributed by atoms with Crippen molar-refractivity contribution in [1.82, 2.24) is 0 Å². The molecule has 0 unspecified atom stereocenters. The lowest BCUT2D eigenvalue weighted by Crippen LogP contribution is -2.66. The molecular weight excluding hydrogens is 392 g/mol. The minimum absolute atomic E-state index is 0.0414. The van der Waals surface area contributed by atoms with E-state index >= 15 is 0 Å². The molecule has 0 saturated heterocycles. The van der Waals surface area contributed by atoms with Crippen molar-refractivity contribution in [2.24, 2.45) is 35.5 Å². The van der Waals surface area contributed by atoms with Crippen LogP contribution in [0.5, 0.6) is 0 Å². The van der Waals surface area contributed by atoms with E-state index in [1.807, 2.05) is 0 Å². The number of fused-ring (bicyclic) bond motifs is 1. The highest BCUT2D eigenvalue weighted by Gasteiger charge is 2.65. The highest BCUT2D eigenvalue weighted by molar-refractivity contribution is 9.12. The first-order chi connectivity index (χ1) is 9.52. The van der Waals surface area contributed by atoms with E-state index in [1.165, 1.54) is 14.2 Å². The molecule has 0 heterocycles. The van der Waals surface area contributed by atoms with Gasteiger partial charge in [-0.15, -0.1) is 0 Å². The molecule has 0 N–H and O–H groups in total. The standard InChI is InChI=1S/C14H16Br2O4/c1-19-13(17)9-5-3-4-6(10(9)14(18)20-2)8-7(5)11(15)12(8)16/h3-12H,1-2H3/t5-,6-,7-,8-,9-,10+,11+,12-/m1/s1. The smallest absolute Gasteiger partial charge is 0.310 e. The van der Waals surface area contributed by atoms with Crippen LogP contribution in [0, 0.1) is 35.5 Å². The molecule has 8 atom stereocenters. The largest absolute Gasteiger partial charge is 0.469 e. The zero-order valence-corrected chi connectivity index (χ0v) is 14.3. The maximum absolute atomic E-state index is 12.2. The second-order valence-corrected chi connectivity index (χ2v) is 7.80. The van der Waals surface area contributed by atoms with Crippen LogP contribution in [0.25, 0.3) is 0 Å². The molecule has 0 amide bonds. The van der Waals surface area contributed by atoms with Crippen LogP contribution in [0.1, 0.15) is 0 Å². The predicted octanol–water partition coefficient (Wildman–Crippen LogP) is 2.15. The minimum atomic E-state index is -0.427. The molecular formula is C14H16Br2O4. The van der Waals surface area contributed by atoms with E-state index in [1.54, 1.807) is 0 Å². The Morgan fingerprint density at radius 2 is 1.20 bits per heavy atom. The predicted molar refractivity (Wildman–Crippen MR) is 79.5 cm³/mol. The lowest BCUT2D eigenvalue weighted by Gasteiger charge is -2.61. The molecule has 0 aromatic carbocycles. The summed E-state index contributed by atoms with van der Waals surface area (Å²) < 4.78 is 9.86. The first kappa shape index (κ1) is 14.6. The third-order valence-corrected chi connectivity index (χ3v) is 8.16. The third-order valence-electron chi connectivity index (χ3n) is 5.09. The van der Waals surface area contributed by atoms with Crippen molar-refractivity contribution < 1.29 is 19.1 Å². The van der Waals surface area contributed by atoms with Crippen LogP contribution in [0.2, 0.25) is 0 Å². The maximum atomic E-state index is 12.2. The monoisotopic (exact) mass is 406 g/mol. The Morgan fingerprint density at radius 3 is 1.50 bits per heavy atom. The Morgan fingerprint density at radius 1 is 0.850 bits per heavy atom. The summed E-state index contributed by atoms with van der Waals surface area (Å²) in [5.41, 5.74) is 0. The molecule has 4 rings (SSSR count). The van der Waals surface area contributed by atoms with Crippen molar-refractivity contribution in [2.45, 2.75) is 9.65 Å². The number of allylic oxidation sites excluding steroid dienone is 2. The van der Waals surface area contributed by atoms with Gasteiger partial charge in [-0.1, -0.05) is 44.0 Å². The highest BCUT2D eigenvalue weighted by Crippen LogP contribution is 2.63. The lowest BCUT2D eigenvalue weighted by atomic mass is 9.46. The number of esters is 2. The number of rotatable bonds is 2. The van der Waals surface area contributed by atoms with Crippen molar-refractivity contribution >= 4 is 43.8 Å².